The third-order valence-electron chi connectivity index (χ3n) is 5.44. The van der Waals surface area contributed by atoms with E-state index in [2.05, 4.69) is 32.7 Å². The lowest BCUT2D eigenvalue weighted by molar-refractivity contribution is -0.122. The molecule has 3 rings (SSSR count). The fourth-order valence-electron chi connectivity index (χ4n) is 4.02. The van der Waals surface area contributed by atoms with E-state index in [1.54, 1.807) is 4.68 Å². The van der Waals surface area contributed by atoms with Gasteiger partial charge in [0.05, 0.1) is 6.54 Å². The molecule has 2 unspecified atom stereocenters. The Labute approximate surface area is 149 Å². The van der Waals surface area contributed by atoms with Gasteiger partial charge in [-0.2, -0.15) is 0 Å². The van der Waals surface area contributed by atoms with Crippen molar-refractivity contribution in [2.24, 2.45) is 5.92 Å². The van der Waals surface area contributed by atoms with Crippen LogP contribution in [0.3, 0.4) is 0 Å². The summed E-state index contributed by atoms with van der Waals surface area (Å²) in [7, 11) is 0. The zero-order valence-corrected chi connectivity index (χ0v) is 15.4. The molecule has 2 atom stereocenters. The molecule has 1 amide bonds. The van der Waals surface area contributed by atoms with Gasteiger partial charge in [0.2, 0.25) is 5.91 Å². The Bertz CT molecular complexity index is 557. The Balaban J connectivity index is 1.51. The Morgan fingerprint density at radius 2 is 2.12 bits per heavy atom. The summed E-state index contributed by atoms with van der Waals surface area (Å²) < 4.78 is 7.16. The highest BCUT2D eigenvalue weighted by molar-refractivity contribution is 5.76. The van der Waals surface area contributed by atoms with Crippen LogP contribution in [0.5, 0.6) is 0 Å². The second-order valence-electron chi connectivity index (χ2n) is 7.22. The normalized spacial score (nSPS) is 25.4. The van der Waals surface area contributed by atoms with Gasteiger partial charge in [0, 0.05) is 44.8 Å². The van der Waals surface area contributed by atoms with Gasteiger partial charge in [0.1, 0.15) is 5.82 Å². The monoisotopic (exact) mass is 350 g/mol. The van der Waals surface area contributed by atoms with Crippen LogP contribution in [0.1, 0.15) is 44.9 Å². The third kappa shape index (κ3) is 4.76. The molecule has 1 aromatic heterocycles. The van der Waals surface area contributed by atoms with Crippen molar-refractivity contribution in [1.82, 2.24) is 30.4 Å². The van der Waals surface area contributed by atoms with E-state index in [1.165, 1.54) is 0 Å². The molecule has 2 aliphatic rings. The standard InChI is InChI=1S/C17H30N6O2/c1-3-4-14-11-22(15-6-9-25-10-7-15)12-16(14)18-17(24)5-8-23-13(2)19-20-21-23/h14-16H,3-12H2,1-2H3,(H,18,24). The van der Waals surface area contributed by atoms with Crippen LogP contribution < -0.4 is 5.32 Å². The molecule has 0 aliphatic carbocycles. The van der Waals surface area contributed by atoms with Crippen LogP contribution in [0, 0.1) is 12.8 Å². The quantitative estimate of drug-likeness (QED) is 0.782. The third-order valence-corrected chi connectivity index (χ3v) is 5.44. The number of carbonyl (C=O) groups excluding carboxylic acids is 1. The fraction of sp³-hybridized carbons (Fsp3) is 0.882. The molecule has 3 heterocycles. The van der Waals surface area contributed by atoms with Crippen LogP contribution in [-0.4, -0.2) is 69.4 Å². The first-order chi connectivity index (χ1) is 12.2. The van der Waals surface area contributed by atoms with Crippen LogP contribution in [0.2, 0.25) is 0 Å². The van der Waals surface area contributed by atoms with Crippen molar-refractivity contribution in [1.29, 1.82) is 0 Å². The van der Waals surface area contributed by atoms with Crippen LogP contribution in [0.4, 0.5) is 0 Å². The lowest BCUT2D eigenvalue weighted by Gasteiger charge is -2.31. The molecular formula is C17H30N6O2. The molecule has 2 aliphatic heterocycles. The summed E-state index contributed by atoms with van der Waals surface area (Å²) >= 11 is 0. The number of likely N-dealkylation sites (tertiary alicyclic amines) is 1. The number of nitrogens with zero attached hydrogens (tertiary/aromatic N) is 5. The highest BCUT2D eigenvalue weighted by Crippen LogP contribution is 2.27. The van der Waals surface area contributed by atoms with Gasteiger partial charge in [-0.1, -0.05) is 13.3 Å². The summed E-state index contributed by atoms with van der Waals surface area (Å²) in [5.74, 6) is 1.38. The zero-order chi connectivity index (χ0) is 17.6. The van der Waals surface area contributed by atoms with Gasteiger partial charge < -0.3 is 10.1 Å². The molecule has 8 nitrogen and oxygen atoms in total. The van der Waals surface area contributed by atoms with Crippen LogP contribution in [0.15, 0.2) is 0 Å². The van der Waals surface area contributed by atoms with Crippen molar-refractivity contribution >= 4 is 5.91 Å². The highest BCUT2D eigenvalue weighted by Gasteiger charge is 2.36. The lowest BCUT2D eigenvalue weighted by Crippen LogP contribution is -2.42. The van der Waals surface area contributed by atoms with Crippen LogP contribution in [-0.2, 0) is 16.1 Å². The van der Waals surface area contributed by atoms with E-state index in [9.17, 15) is 4.79 Å². The van der Waals surface area contributed by atoms with E-state index < -0.39 is 0 Å². The second-order valence-corrected chi connectivity index (χ2v) is 7.22. The maximum absolute atomic E-state index is 12.4. The Kier molecular flexibility index (Phi) is 6.36. The van der Waals surface area contributed by atoms with Gasteiger partial charge in [-0.3, -0.25) is 9.69 Å². The fourth-order valence-corrected chi connectivity index (χ4v) is 4.02. The molecule has 0 spiro atoms. The Hall–Kier alpha value is -1.54. The zero-order valence-electron chi connectivity index (χ0n) is 15.4. The topological polar surface area (TPSA) is 85.2 Å². The van der Waals surface area contributed by atoms with E-state index >= 15 is 0 Å². The first-order valence-corrected chi connectivity index (χ1v) is 9.51. The number of ether oxygens (including phenoxy) is 1. The summed E-state index contributed by atoms with van der Waals surface area (Å²) in [6, 6.07) is 0.865. The summed E-state index contributed by atoms with van der Waals surface area (Å²) in [4.78, 5) is 15.0. The molecule has 0 saturated carbocycles. The Morgan fingerprint density at radius 3 is 2.80 bits per heavy atom. The smallest absolute Gasteiger partial charge is 0.222 e. The molecule has 2 saturated heterocycles. The number of amides is 1. The van der Waals surface area contributed by atoms with Gasteiger partial charge in [-0.15, -0.1) is 5.10 Å². The van der Waals surface area contributed by atoms with Gasteiger partial charge in [0.25, 0.3) is 0 Å². The van der Waals surface area contributed by atoms with Gasteiger partial charge in [-0.25, -0.2) is 4.68 Å². The molecular weight excluding hydrogens is 320 g/mol. The van der Waals surface area contributed by atoms with Gasteiger partial charge in [0.15, 0.2) is 0 Å². The highest BCUT2D eigenvalue weighted by atomic mass is 16.5. The minimum absolute atomic E-state index is 0.0924. The second kappa shape index (κ2) is 8.71. The van der Waals surface area contributed by atoms with E-state index in [4.69, 9.17) is 4.74 Å². The molecule has 0 aromatic carbocycles. The van der Waals surface area contributed by atoms with Crippen molar-refractivity contribution in [2.45, 2.75) is 64.6 Å². The first kappa shape index (κ1) is 18.3. The number of nitrogens with one attached hydrogen (secondary N) is 1. The number of carbonyl (C=O) groups is 1. The molecule has 1 aromatic rings. The minimum Gasteiger partial charge on any atom is -0.381 e. The average molecular weight is 350 g/mol. The molecule has 0 radical (unpaired) electrons. The van der Waals surface area contributed by atoms with Crippen molar-refractivity contribution in [3.05, 3.63) is 5.82 Å². The summed E-state index contributed by atoms with van der Waals surface area (Å²) in [5, 5.41) is 14.6. The predicted molar refractivity (Wildman–Crippen MR) is 92.9 cm³/mol. The molecule has 8 heteroatoms. The van der Waals surface area contributed by atoms with Gasteiger partial charge >= 0.3 is 0 Å². The summed E-state index contributed by atoms with van der Waals surface area (Å²) in [6.45, 7) is 8.37. The van der Waals surface area contributed by atoms with E-state index in [0.717, 1.165) is 57.8 Å². The van der Waals surface area contributed by atoms with E-state index in [0.29, 0.717) is 24.9 Å². The average Bonchev–Trinajstić information content (AvgIpc) is 3.21. The van der Waals surface area contributed by atoms with Crippen LogP contribution >= 0.6 is 0 Å². The van der Waals surface area contributed by atoms with Crippen molar-refractivity contribution in [2.75, 3.05) is 26.3 Å². The van der Waals surface area contributed by atoms with Gasteiger partial charge in [-0.05, 0) is 42.5 Å². The summed E-state index contributed by atoms with van der Waals surface area (Å²) in [5.41, 5.74) is 0. The first-order valence-electron chi connectivity index (χ1n) is 9.51. The van der Waals surface area contributed by atoms with Crippen molar-refractivity contribution in [3.8, 4) is 0 Å². The number of hydrogen-bond acceptors (Lipinski definition) is 6. The van der Waals surface area contributed by atoms with Crippen LogP contribution in [0.25, 0.3) is 0 Å². The van der Waals surface area contributed by atoms with Crippen molar-refractivity contribution in [3.63, 3.8) is 0 Å². The largest absolute Gasteiger partial charge is 0.381 e. The summed E-state index contributed by atoms with van der Waals surface area (Å²) in [6.07, 6.45) is 4.95. The number of aromatic nitrogens is 4. The molecule has 1 N–H and O–H groups in total. The van der Waals surface area contributed by atoms with E-state index in [1.807, 2.05) is 6.92 Å². The number of aryl methyl sites for hydroxylation is 2. The molecule has 140 valence electrons. The molecule has 0 bridgehead atoms. The van der Waals surface area contributed by atoms with Crippen molar-refractivity contribution < 1.29 is 9.53 Å². The minimum atomic E-state index is 0.0924. The maximum atomic E-state index is 12.4. The molecule has 25 heavy (non-hydrogen) atoms. The lowest BCUT2D eigenvalue weighted by atomic mass is 9.98. The SMILES string of the molecule is CCCC1CN(C2CCOCC2)CC1NC(=O)CCn1nnnc1C. The number of hydrogen-bond donors (Lipinski definition) is 1. The molecule has 2 fully saturated rings. The number of rotatable bonds is 7. The maximum Gasteiger partial charge on any atom is 0.222 e. The Morgan fingerprint density at radius 1 is 1.32 bits per heavy atom. The van der Waals surface area contributed by atoms with E-state index in [-0.39, 0.29) is 11.9 Å². The predicted octanol–water partition coefficient (Wildman–Crippen LogP) is 0.767. The number of tetrazole rings is 1.